The monoisotopic (exact) mass is 293 g/mol. The Morgan fingerprint density at radius 3 is 2.86 bits per heavy atom. The predicted octanol–water partition coefficient (Wildman–Crippen LogP) is 0.417. The van der Waals surface area contributed by atoms with Gasteiger partial charge >= 0.3 is 5.95 Å². The van der Waals surface area contributed by atoms with Crippen LogP contribution in [0.3, 0.4) is 0 Å². The van der Waals surface area contributed by atoms with Gasteiger partial charge < -0.3 is 15.4 Å². The molecule has 0 radical (unpaired) electrons. The minimum absolute atomic E-state index is 0.0700. The first kappa shape index (κ1) is 14.6. The highest BCUT2D eigenvalue weighted by molar-refractivity contribution is 5.92. The summed E-state index contributed by atoms with van der Waals surface area (Å²) in [7, 11) is 0. The summed E-state index contributed by atoms with van der Waals surface area (Å²) in [4.78, 5) is 25.2. The average molecular weight is 293 g/mol. The molecule has 2 aromatic heterocycles. The molecule has 21 heavy (non-hydrogen) atoms. The molecule has 0 aliphatic carbocycles. The Balaban J connectivity index is 2.02. The quantitative estimate of drug-likeness (QED) is 0.608. The number of hydrogen-bond donors (Lipinski definition) is 1. The van der Waals surface area contributed by atoms with Crippen LogP contribution >= 0.6 is 0 Å². The Hall–Kier alpha value is -2.78. The number of carbonyl (C=O) groups excluding carboxylic acids is 1. The fourth-order valence-corrected chi connectivity index (χ4v) is 1.55. The van der Waals surface area contributed by atoms with Crippen molar-refractivity contribution in [3.05, 3.63) is 34.4 Å². The van der Waals surface area contributed by atoms with E-state index in [-0.39, 0.29) is 24.3 Å². The second-order valence-electron chi connectivity index (χ2n) is 4.51. The van der Waals surface area contributed by atoms with Gasteiger partial charge in [-0.3, -0.25) is 4.79 Å². The molecule has 0 saturated heterocycles. The minimum atomic E-state index is -0.676. The Labute approximate surface area is 119 Å². The number of rotatable bonds is 6. The van der Waals surface area contributed by atoms with Crippen molar-refractivity contribution >= 4 is 11.9 Å². The van der Waals surface area contributed by atoms with Gasteiger partial charge in [-0.1, -0.05) is 11.9 Å². The van der Waals surface area contributed by atoms with Crippen molar-refractivity contribution in [3.8, 4) is 0 Å². The lowest BCUT2D eigenvalue weighted by atomic mass is 10.2. The van der Waals surface area contributed by atoms with Crippen molar-refractivity contribution in [3.63, 3.8) is 0 Å². The van der Waals surface area contributed by atoms with Crippen LogP contribution in [-0.2, 0) is 6.67 Å². The van der Waals surface area contributed by atoms with E-state index in [0.29, 0.717) is 0 Å². The highest BCUT2D eigenvalue weighted by atomic mass is 16.6. The van der Waals surface area contributed by atoms with Gasteiger partial charge in [0.15, 0.2) is 6.67 Å². The zero-order chi connectivity index (χ0) is 15.4. The number of aromatic nitrogens is 5. The standard InChI is InChI=1S/C11H15N7O3/c1-3-8(2)13-10(19)9-4-5-16(14-9)7-17-6-12-11(15-17)18(20)21/h4-6,8H,3,7H2,1-2H3,(H,13,19). The van der Waals surface area contributed by atoms with Crippen molar-refractivity contribution in [2.75, 3.05) is 0 Å². The first-order valence-corrected chi connectivity index (χ1v) is 6.37. The van der Waals surface area contributed by atoms with E-state index >= 15 is 0 Å². The van der Waals surface area contributed by atoms with E-state index in [2.05, 4.69) is 20.5 Å². The molecular formula is C11H15N7O3. The lowest BCUT2D eigenvalue weighted by Crippen LogP contribution is -2.32. The molecule has 1 amide bonds. The maximum absolute atomic E-state index is 11.9. The van der Waals surface area contributed by atoms with Gasteiger partial charge in [-0.2, -0.15) is 9.78 Å². The summed E-state index contributed by atoms with van der Waals surface area (Å²) >= 11 is 0. The van der Waals surface area contributed by atoms with Gasteiger partial charge in [0.05, 0.1) is 0 Å². The van der Waals surface area contributed by atoms with Crippen molar-refractivity contribution in [2.45, 2.75) is 33.0 Å². The van der Waals surface area contributed by atoms with E-state index < -0.39 is 10.9 Å². The van der Waals surface area contributed by atoms with Crippen LogP contribution in [0.4, 0.5) is 5.95 Å². The maximum atomic E-state index is 11.9. The van der Waals surface area contributed by atoms with Gasteiger partial charge in [-0.15, -0.1) is 0 Å². The van der Waals surface area contributed by atoms with Crippen LogP contribution in [0, 0.1) is 10.1 Å². The maximum Gasteiger partial charge on any atom is 0.491 e. The van der Waals surface area contributed by atoms with Crippen molar-refractivity contribution in [1.29, 1.82) is 0 Å². The van der Waals surface area contributed by atoms with Crippen LogP contribution in [0.15, 0.2) is 18.6 Å². The summed E-state index contributed by atoms with van der Waals surface area (Å²) in [5.41, 5.74) is 0.282. The smallest absolute Gasteiger partial charge is 0.390 e. The molecule has 0 fully saturated rings. The zero-order valence-corrected chi connectivity index (χ0v) is 11.6. The predicted molar refractivity (Wildman–Crippen MR) is 71.5 cm³/mol. The van der Waals surface area contributed by atoms with E-state index in [1.807, 2.05) is 13.8 Å². The number of carbonyl (C=O) groups is 1. The fraction of sp³-hybridized carbons (Fsp3) is 0.455. The molecule has 1 unspecified atom stereocenters. The highest BCUT2D eigenvalue weighted by Gasteiger charge is 2.15. The molecule has 1 N–H and O–H groups in total. The summed E-state index contributed by atoms with van der Waals surface area (Å²) in [6, 6.07) is 1.64. The second kappa shape index (κ2) is 6.11. The Kier molecular flexibility index (Phi) is 4.26. The summed E-state index contributed by atoms with van der Waals surface area (Å²) in [6.45, 7) is 4.02. The summed E-state index contributed by atoms with van der Waals surface area (Å²) in [6.07, 6.45) is 3.66. The Bertz CT molecular complexity index is 648. The third kappa shape index (κ3) is 3.61. The molecule has 10 nitrogen and oxygen atoms in total. The van der Waals surface area contributed by atoms with Gasteiger partial charge in [-0.25, -0.2) is 4.68 Å². The largest absolute Gasteiger partial charge is 0.491 e. The topological polar surface area (TPSA) is 121 Å². The number of nitrogens with one attached hydrogen (secondary N) is 1. The number of nitrogens with zero attached hydrogens (tertiary/aromatic N) is 6. The Morgan fingerprint density at radius 2 is 2.24 bits per heavy atom. The first-order chi connectivity index (χ1) is 9.99. The van der Waals surface area contributed by atoms with Crippen molar-refractivity contribution in [2.24, 2.45) is 0 Å². The molecule has 0 aliphatic heterocycles. The van der Waals surface area contributed by atoms with E-state index in [1.54, 1.807) is 12.3 Å². The van der Waals surface area contributed by atoms with Crippen molar-refractivity contribution in [1.82, 2.24) is 29.9 Å². The Morgan fingerprint density at radius 1 is 1.48 bits per heavy atom. The van der Waals surface area contributed by atoms with Crippen molar-refractivity contribution < 1.29 is 9.72 Å². The zero-order valence-electron chi connectivity index (χ0n) is 11.6. The number of amides is 1. The summed E-state index contributed by atoms with van der Waals surface area (Å²) < 4.78 is 2.71. The van der Waals surface area contributed by atoms with Gasteiger partial charge in [-0.05, 0) is 24.3 Å². The minimum Gasteiger partial charge on any atom is -0.390 e. The molecule has 2 rings (SSSR count). The molecule has 0 aromatic carbocycles. The van der Waals surface area contributed by atoms with Crippen LogP contribution in [-0.4, -0.2) is 41.4 Å². The molecule has 0 saturated carbocycles. The second-order valence-corrected chi connectivity index (χ2v) is 4.51. The SMILES string of the molecule is CCC(C)NC(=O)c1ccn(Cn2cnc([N+](=O)[O-])n2)n1. The lowest BCUT2D eigenvalue weighted by molar-refractivity contribution is -0.394. The van der Waals surface area contributed by atoms with Gasteiger partial charge in [0, 0.05) is 17.3 Å². The fourth-order valence-electron chi connectivity index (χ4n) is 1.55. The van der Waals surface area contributed by atoms with Crippen LogP contribution in [0.2, 0.25) is 0 Å². The average Bonchev–Trinajstić information content (AvgIpc) is 3.08. The third-order valence-corrected chi connectivity index (χ3v) is 2.84. The van der Waals surface area contributed by atoms with E-state index in [0.717, 1.165) is 6.42 Å². The van der Waals surface area contributed by atoms with Crippen LogP contribution in [0.5, 0.6) is 0 Å². The van der Waals surface area contributed by atoms with E-state index in [9.17, 15) is 14.9 Å². The highest BCUT2D eigenvalue weighted by Crippen LogP contribution is 2.02. The molecule has 2 aromatic rings. The van der Waals surface area contributed by atoms with Gasteiger partial charge in [0.1, 0.15) is 5.69 Å². The van der Waals surface area contributed by atoms with Crippen LogP contribution in [0.25, 0.3) is 0 Å². The van der Waals surface area contributed by atoms with Crippen LogP contribution in [0.1, 0.15) is 30.8 Å². The van der Waals surface area contributed by atoms with Gasteiger partial charge in [0.25, 0.3) is 5.91 Å². The molecule has 0 bridgehead atoms. The summed E-state index contributed by atoms with van der Waals surface area (Å²) in [5, 5.41) is 21.0. The van der Waals surface area contributed by atoms with E-state index in [1.165, 1.54) is 15.7 Å². The van der Waals surface area contributed by atoms with Gasteiger partial charge in [0.2, 0.25) is 6.33 Å². The first-order valence-electron chi connectivity index (χ1n) is 6.37. The van der Waals surface area contributed by atoms with Crippen LogP contribution < -0.4 is 5.32 Å². The van der Waals surface area contributed by atoms with E-state index in [4.69, 9.17) is 0 Å². The lowest BCUT2D eigenvalue weighted by Gasteiger charge is -2.09. The molecule has 2 heterocycles. The number of nitro groups is 1. The molecule has 1 atom stereocenters. The third-order valence-electron chi connectivity index (χ3n) is 2.84. The summed E-state index contributed by atoms with van der Waals surface area (Å²) in [5.74, 6) is -0.732. The molecule has 10 heteroatoms. The molecule has 0 spiro atoms. The molecular weight excluding hydrogens is 278 g/mol. The normalized spacial score (nSPS) is 12.1. The number of hydrogen-bond acceptors (Lipinski definition) is 6. The molecule has 0 aliphatic rings. The molecule has 112 valence electrons.